The number of rotatable bonds is 8. The Morgan fingerprint density at radius 3 is 2.24 bits per heavy atom. The first-order chi connectivity index (χ1) is 18.1. The Morgan fingerprint density at radius 2 is 1.62 bits per heavy atom. The zero-order valence-electron chi connectivity index (χ0n) is 20.9. The number of piperazine rings is 1. The molecule has 0 spiro atoms. The van der Waals surface area contributed by atoms with Gasteiger partial charge >= 0.3 is 0 Å². The third-order valence-corrected chi connectivity index (χ3v) is 7.35. The number of nitrogens with zero attached hydrogens (tertiary/aromatic N) is 5. The molecular formula is C29H32FN5O2. The molecule has 8 heteroatoms. The number of amides is 2. The quantitative estimate of drug-likeness (QED) is 0.470. The Balaban J connectivity index is 1.15. The molecule has 0 N–H and O–H groups in total. The maximum Gasteiger partial charge on any atom is 0.242 e. The second-order valence-corrected chi connectivity index (χ2v) is 9.77. The lowest BCUT2D eigenvalue weighted by atomic mass is 9.84. The summed E-state index contributed by atoms with van der Waals surface area (Å²) < 4.78 is 13.2. The van der Waals surface area contributed by atoms with Crippen LogP contribution < -0.4 is 4.90 Å². The fourth-order valence-corrected chi connectivity index (χ4v) is 4.81. The molecular weight excluding hydrogens is 469 g/mol. The molecule has 1 aliphatic carbocycles. The average molecular weight is 502 g/mol. The molecule has 1 saturated heterocycles. The van der Waals surface area contributed by atoms with Crippen LogP contribution in [0.4, 0.5) is 10.2 Å². The van der Waals surface area contributed by atoms with Crippen molar-refractivity contribution in [3.63, 3.8) is 0 Å². The third-order valence-electron chi connectivity index (χ3n) is 7.35. The largest absolute Gasteiger partial charge is 0.352 e. The van der Waals surface area contributed by atoms with E-state index in [1.165, 1.54) is 17.7 Å². The van der Waals surface area contributed by atoms with E-state index < -0.39 is 0 Å². The van der Waals surface area contributed by atoms with Gasteiger partial charge in [0.25, 0.3) is 0 Å². The molecule has 1 aromatic heterocycles. The highest BCUT2D eigenvalue weighted by Gasteiger charge is 2.32. The molecule has 0 bridgehead atoms. The summed E-state index contributed by atoms with van der Waals surface area (Å²) in [6.45, 7) is 3.14. The molecule has 2 aromatic carbocycles. The predicted octanol–water partition coefficient (Wildman–Crippen LogP) is 3.80. The summed E-state index contributed by atoms with van der Waals surface area (Å²) in [5.74, 6) is 0.649. The van der Waals surface area contributed by atoms with Crippen LogP contribution in [0, 0.1) is 11.7 Å². The Morgan fingerprint density at radius 1 is 0.892 bits per heavy atom. The molecule has 1 saturated carbocycles. The molecule has 37 heavy (non-hydrogen) atoms. The lowest BCUT2D eigenvalue weighted by Crippen LogP contribution is -2.53. The summed E-state index contributed by atoms with van der Waals surface area (Å²) in [7, 11) is 0. The molecule has 2 aliphatic rings. The number of halogens is 1. The molecule has 7 nitrogen and oxygen atoms in total. The highest BCUT2D eigenvalue weighted by molar-refractivity contribution is 5.86. The summed E-state index contributed by atoms with van der Waals surface area (Å²) in [6.07, 6.45) is 3.68. The Labute approximate surface area is 216 Å². The van der Waals surface area contributed by atoms with Crippen LogP contribution in [-0.4, -0.2) is 71.1 Å². The standard InChI is InChI=1S/C29H32FN5O2/c30-25-11-9-23(10-12-25)26-13-14-27(32-31-26)33-17-19-34(20-18-33)28(36)21-35(29(37)24-7-4-8-24)16-15-22-5-2-1-3-6-22/h1-3,5-6,9-14,24H,4,7-8,15-21H2. The number of carbonyl (C=O) groups excluding carboxylic acids is 2. The van der Waals surface area contributed by atoms with Crippen LogP contribution in [0.25, 0.3) is 11.3 Å². The maximum absolute atomic E-state index is 13.2. The van der Waals surface area contributed by atoms with Crippen LogP contribution in [-0.2, 0) is 16.0 Å². The lowest BCUT2D eigenvalue weighted by molar-refractivity contribution is -0.144. The van der Waals surface area contributed by atoms with Crippen molar-refractivity contribution < 1.29 is 14.0 Å². The van der Waals surface area contributed by atoms with Crippen molar-refractivity contribution in [1.82, 2.24) is 20.0 Å². The van der Waals surface area contributed by atoms with Gasteiger partial charge in [-0.05, 0) is 61.2 Å². The van der Waals surface area contributed by atoms with E-state index in [2.05, 4.69) is 27.2 Å². The number of carbonyl (C=O) groups is 2. The zero-order chi connectivity index (χ0) is 25.6. The molecule has 0 radical (unpaired) electrons. The predicted molar refractivity (Wildman–Crippen MR) is 140 cm³/mol. The molecule has 0 unspecified atom stereocenters. The van der Waals surface area contributed by atoms with Crippen LogP contribution in [0.15, 0.2) is 66.7 Å². The van der Waals surface area contributed by atoms with Crippen molar-refractivity contribution in [3.8, 4) is 11.3 Å². The maximum atomic E-state index is 13.2. The van der Waals surface area contributed by atoms with Gasteiger partial charge in [0.1, 0.15) is 5.82 Å². The van der Waals surface area contributed by atoms with E-state index in [-0.39, 0.29) is 30.1 Å². The Kier molecular flexibility index (Phi) is 7.73. The second kappa shape index (κ2) is 11.5. The van der Waals surface area contributed by atoms with Gasteiger partial charge in [0.15, 0.2) is 5.82 Å². The zero-order valence-corrected chi connectivity index (χ0v) is 20.9. The van der Waals surface area contributed by atoms with Crippen molar-refractivity contribution in [2.75, 3.05) is 44.2 Å². The minimum absolute atomic E-state index is 0.00173. The minimum atomic E-state index is -0.285. The molecule has 2 heterocycles. The van der Waals surface area contributed by atoms with Crippen molar-refractivity contribution in [2.24, 2.45) is 5.92 Å². The Bertz CT molecular complexity index is 1190. The lowest BCUT2D eigenvalue weighted by Gasteiger charge is -2.37. The van der Waals surface area contributed by atoms with Gasteiger partial charge in [0.2, 0.25) is 11.8 Å². The second-order valence-electron chi connectivity index (χ2n) is 9.77. The van der Waals surface area contributed by atoms with Gasteiger partial charge in [0.05, 0.1) is 12.2 Å². The number of benzene rings is 2. The summed E-state index contributed by atoms with van der Waals surface area (Å²) in [5, 5.41) is 8.66. The summed E-state index contributed by atoms with van der Waals surface area (Å²) in [6, 6.07) is 20.1. The van der Waals surface area contributed by atoms with E-state index in [1.54, 1.807) is 17.0 Å². The van der Waals surface area contributed by atoms with Crippen LogP contribution in [0.3, 0.4) is 0 Å². The van der Waals surface area contributed by atoms with E-state index in [1.807, 2.05) is 35.2 Å². The summed E-state index contributed by atoms with van der Waals surface area (Å²) in [4.78, 5) is 32.0. The van der Waals surface area contributed by atoms with Crippen molar-refractivity contribution in [2.45, 2.75) is 25.7 Å². The Hall–Kier alpha value is -3.81. The first-order valence-corrected chi connectivity index (χ1v) is 13.0. The highest BCUT2D eigenvalue weighted by Crippen LogP contribution is 2.28. The number of hydrogen-bond donors (Lipinski definition) is 0. The fraction of sp³-hybridized carbons (Fsp3) is 0.379. The van der Waals surface area contributed by atoms with Crippen molar-refractivity contribution in [1.29, 1.82) is 0 Å². The molecule has 5 rings (SSSR count). The molecule has 0 atom stereocenters. The number of hydrogen-bond acceptors (Lipinski definition) is 5. The van der Waals surface area contributed by atoms with Crippen molar-refractivity contribution >= 4 is 17.6 Å². The molecule has 3 aromatic rings. The van der Waals surface area contributed by atoms with Crippen LogP contribution in [0.2, 0.25) is 0 Å². The van der Waals surface area contributed by atoms with Gasteiger partial charge in [-0.25, -0.2) is 4.39 Å². The van der Waals surface area contributed by atoms with E-state index in [9.17, 15) is 14.0 Å². The van der Waals surface area contributed by atoms with E-state index in [4.69, 9.17) is 0 Å². The van der Waals surface area contributed by atoms with Gasteiger partial charge in [-0.1, -0.05) is 36.8 Å². The summed E-state index contributed by atoms with van der Waals surface area (Å²) >= 11 is 0. The first kappa shape index (κ1) is 24.9. The minimum Gasteiger partial charge on any atom is -0.352 e. The average Bonchev–Trinajstić information content (AvgIpc) is 2.91. The van der Waals surface area contributed by atoms with Gasteiger partial charge in [-0.3, -0.25) is 9.59 Å². The SMILES string of the molecule is O=C(CN(CCc1ccccc1)C(=O)C1CCC1)N1CCN(c2ccc(-c3ccc(F)cc3)nn2)CC1. The normalized spacial score (nSPS) is 15.8. The number of aromatic nitrogens is 2. The highest BCUT2D eigenvalue weighted by atomic mass is 19.1. The molecule has 2 amide bonds. The van der Waals surface area contributed by atoms with Crippen molar-refractivity contribution in [3.05, 3.63) is 78.1 Å². The van der Waals surface area contributed by atoms with Gasteiger partial charge in [-0.2, -0.15) is 0 Å². The van der Waals surface area contributed by atoms with Crippen LogP contribution in [0.1, 0.15) is 24.8 Å². The monoisotopic (exact) mass is 501 g/mol. The van der Waals surface area contributed by atoms with E-state index >= 15 is 0 Å². The van der Waals surface area contributed by atoms with Crippen LogP contribution in [0.5, 0.6) is 0 Å². The van der Waals surface area contributed by atoms with E-state index in [0.717, 1.165) is 37.1 Å². The number of anilines is 1. The van der Waals surface area contributed by atoms with E-state index in [0.29, 0.717) is 38.4 Å². The van der Waals surface area contributed by atoms with Gasteiger partial charge in [0, 0.05) is 44.2 Å². The molecule has 1 aliphatic heterocycles. The summed E-state index contributed by atoms with van der Waals surface area (Å²) in [5.41, 5.74) is 2.66. The molecule has 2 fully saturated rings. The fourth-order valence-electron chi connectivity index (χ4n) is 4.81. The topological polar surface area (TPSA) is 69.6 Å². The van der Waals surface area contributed by atoms with Crippen LogP contribution >= 0.6 is 0 Å². The third kappa shape index (κ3) is 6.13. The van der Waals surface area contributed by atoms with Gasteiger partial charge in [-0.15, -0.1) is 10.2 Å². The smallest absolute Gasteiger partial charge is 0.242 e. The van der Waals surface area contributed by atoms with Gasteiger partial charge < -0.3 is 14.7 Å². The molecule has 192 valence electrons. The first-order valence-electron chi connectivity index (χ1n) is 13.0.